The number of carboxylic acids is 1. The molecular weight excluding hydrogens is 396 g/mol. The summed E-state index contributed by atoms with van der Waals surface area (Å²) in [6.45, 7) is 0.519. The number of nitrogens with one attached hydrogen (secondary N) is 2. The molecule has 0 radical (unpaired) electrons. The first-order chi connectivity index (χ1) is 15.0. The van der Waals surface area contributed by atoms with Gasteiger partial charge in [-0.3, -0.25) is 4.79 Å². The van der Waals surface area contributed by atoms with Crippen molar-refractivity contribution in [3.05, 3.63) is 59.7 Å². The zero-order chi connectivity index (χ0) is 21.8. The van der Waals surface area contributed by atoms with Crippen LogP contribution in [0.5, 0.6) is 0 Å². The van der Waals surface area contributed by atoms with Crippen molar-refractivity contribution in [1.82, 2.24) is 10.6 Å². The standard InChI is InChI=1S/C24H26N2O5/c27-21(26-24(22(28)29)12-6-13-24)11-5-14-25-23(30)31-15-20-18-9-3-1-7-16(18)17-8-2-4-10-19(17)20/h1-4,7-10,20H,5-6,11-15H2,(H,25,30)(H,26,27)(H,28,29). The van der Waals surface area contributed by atoms with Crippen LogP contribution in [0.4, 0.5) is 4.79 Å². The average molecular weight is 422 g/mol. The molecule has 7 heteroatoms. The Morgan fingerprint density at radius 2 is 1.61 bits per heavy atom. The summed E-state index contributed by atoms with van der Waals surface area (Å²) in [6.07, 6.45) is 1.77. The monoisotopic (exact) mass is 422 g/mol. The van der Waals surface area contributed by atoms with Crippen LogP contribution in [0.1, 0.15) is 49.1 Å². The van der Waals surface area contributed by atoms with E-state index in [1.807, 2.05) is 24.3 Å². The summed E-state index contributed by atoms with van der Waals surface area (Å²) in [5, 5.41) is 14.5. The highest BCUT2D eigenvalue weighted by Gasteiger charge is 2.45. The summed E-state index contributed by atoms with van der Waals surface area (Å²) < 4.78 is 5.46. The van der Waals surface area contributed by atoms with Crippen LogP contribution in [0.15, 0.2) is 48.5 Å². The first-order valence-corrected chi connectivity index (χ1v) is 10.6. The molecule has 0 saturated heterocycles. The van der Waals surface area contributed by atoms with Gasteiger partial charge in [-0.25, -0.2) is 9.59 Å². The van der Waals surface area contributed by atoms with Crippen molar-refractivity contribution >= 4 is 18.0 Å². The maximum atomic E-state index is 12.1. The second-order valence-corrected chi connectivity index (χ2v) is 8.14. The van der Waals surface area contributed by atoms with Crippen LogP contribution in [0, 0.1) is 0 Å². The number of alkyl carbamates (subject to hydrolysis) is 1. The average Bonchev–Trinajstić information content (AvgIpc) is 3.06. The highest BCUT2D eigenvalue weighted by Crippen LogP contribution is 2.44. The van der Waals surface area contributed by atoms with Gasteiger partial charge in [-0.1, -0.05) is 48.5 Å². The van der Waals surface area contributed by atoms with Gasteiger partial charge in [-0.2, -0.15) is 0 Å². The van der Waals surface area contributed by atoms with E-state index >= 15 is 0 Å². The van der Waals surface area contributed by atoms with Crippen molar-refractivity contribution in [2.24, 2.45) is 0 Å². The van der Waals surface area contributed by atoms with E-state index in [0.29, 0.717) is 19.3 Å². The highest BCUT2D eigenvalue weighted by molar-refractivity contribution is 5.87. The van der Waals surface area contributed by atoms with Crippen LogP contribution in [0.2, 0.25) is 0 Å². The summed E-state index contributed by atoms with van der Waals surface area (Å²) >= 11 is 0. The van der Waals surface area contributed by atoms with E-state index in [9.17, 15) is 19.5 Å². The lowest BCUT2D eigenvalue weighted by Gasteiger charge is -2.38. The van der Waals surface area contributed by atoms with Crippen molar-refractivity contribution in [3.8, 4) is 11.1 Å². The van der Waals surface area contributed by atoms with Crippen molar-refractivity contribution in [2.75, 3.05) is 13.2 Å². The summed E-state index contributed by atoms with van der Waals surface area (Å²) in [6, 6.07) is 16.3. The van der Waals surface area contributed by atoms with Gasteiger partial charge in [0.1, 0.15) is 12.1 Å². The molecule has 0 atom stereocenters. The lowest BCUT2D eigenvalue weighted by atomic mass is 9.76. The second-order valence-electron chi connectivity index (χ2n) is 8.14. The minimum atomic E-state index is -1.10. The smallest absolute Gasteiger partial charge is 0.407 e. The van der Waals surface area contributed by atoms with Gasteiger partial charge in [-0.15, -0.1) is 0 Å². The van der Waals surface area contributed by atoms with E-state index in [4.69, 9.17) is 4.74 Å². The van der Waals surface area contributed by atoms with Crippen LogP contribution in [-0.2, 0) is 14.3 Å². The number of hydrogen-bond acceptors (Lipinski definition) is 4. The summed E-state index contributed by atoms with van der Waals surface area (Å²) in [4.78, 5) is 35.5. The minimum absolute atomic E-state index is 0.00128. The number of hydrogen-bond donors (Lipinski definition) is 3. The molecule has 0 aromatic heterocycles. The number of rotatable bonds is 8. The third-order valence-corrected chi connectivity index (χ3v) is 6.19. The molecule has 0 unspecified atom stereocenters. The Balaban J connectivity index is 1.22. The van der Waals surface area contributed by atoms with E-state index in [-0.39, 0.29) is 31.4 Å². The van der Waals surface area contributed by atoms with Crippen LogP contribution in [0.3, 0.4) is 0 Å². The molecule has 4 rings (SSSR count). The van der Waals surface area contributed by atoms with Gasteiger partial charge in [0, 0.05) is 18.9 Å². The fourth-order valence-corrected chi connectivity index (χ4v) is 4.34. The fraction of sp³-hybridized carbons (Fsp3) is 0.375. The summed E-state index contributed by atoms with van der Waals surface area (Å²) in [7, 11) is 0. The molecule has 1 saturated carbocycles. The largest absolute Gasteiger partial charge is 0.480 e. The second kappa shape index (κ2) is 8.79. The summed E-state index contributed by atoms with van der Waals surface area (Å²) in [5.74, 6) is -1.29. The normalized spacial score (nSPS) is 15.9. The van der Waals surface area contributed by atoms with Crippen molar-refractivity contribution < 1.29 is 24.2 Å². The molecule has 2 aromatic rings. The van der Waals surface area contributed by atoms with Crippen LogP contribution in [-0.4, -0.2) is 41.8 Å². The third-order valence-electron chi connectivity index (χ3n) is 6.19. The number of fused-ring (bicyclic) bond motifs is 3. The van der Waals surface area contributed by atoms with E-state index in [2.05, 4.69) is 34.9 Å². The quantitative estimate of drug-likeness (QED) is 0.566. The number of ether oxygens (including phenoxy) is 1. The van der Waals surface area contributed by atoms with Gasteiger partial charge in [0.25, 0.3) is 0 Å². The Morgan fingerprint density at radius 3 is 2.16 bits per heavy atom. The minimum Gasteiger partial charge on any atom is -0.480 e. The van der Waals surface area contributed by atoms with Crippen LogP contribution >= 0.6 is 0 Å². The molecule has 7 nitrogen and oxygen atoms in total. The topological polar surface area (TPSA) is 105 Å². The predicted octanol–water partition coefficient (Wildman–Crippen LogP) is 3.43. The maximum absolute atomic E-state index is 12.1. The molecule has 31 heavy (non-hydrogen) atoms. The number of benzene rings is 2. The van der Waals surface area contributed by atoms with Crippen molar-refractivity contribution in [3.63, 3.8) is 0 Å². The van der Waals surface area contributed by atoms with Gasteiger partial charge in [0.2, 0.25) is 5.91 Å². The van der Waals surface area contributed by atoms with Gasteiger partial charge in [0.05, 0.1) is 0 Å². The van der Waals surface area contributed by atoms with Crippen molar-refractivity contribution in [1.29, 1.82) is 0 Å². The molecule has 1 fully saturated rings. The van der Waals surface area contributed by atoms with E-state index in [1.165, 1.54) is 11.1 Å². The third kappa shape index (κ3) is 4.26. The van der Waals surface area contributed by atoms with Gasteiger partial charge in [0.15, 0.2) is 0 Å². The Hall–Kier alpha value is -3.35. The number of carbonyl (C=O) groups is 3. The summed E-state index contributed by atoms with van der Waals surface area (Å²) in [5.41, 5.74) is 3.54. The van der Waals surface area contributed by atoms with E-state index in [1.54, 1.807) is 0 Å². The van der Waals surface area contributed by atoms with Crippen LogP contribution < -0.4 is 10.6 Å². The SMILES string of the molecule is O=C(CCCNC(=O)OCC1c2ccccc2-c2ccccc21)NC1(C(=O)O)CCC1. The molecular formula is C24H26N2O5. The highest BCUT2D eigenvalue weighted by atomic mass is 16.5. The lowest BCUT2D eigenvalue weighted by molar-refractivity contribution is -0.151. The molecule has 2 aromatic carbocycles. The van der Waals surface area contributed by atoms with Crippen LogP contribution in [0.25, 0.3) is 11.1 Å². The Labute approximate surface area is 180 Å². The molecule has 0 heterocycles. The number of amides is 2. The molecule has 2 amide bonds. The predicted molar refractivity (Wildman–Crippen MR) is 115 cm³/mol. The molecule has 0 bridgehead atoms. The fourth-order valence-electron chi connectivity index (χ4n) is 4.34. The molecule has 0 spiro atoms. The van der Waals surface area contributed by atoms with Gasteiger partial charge in [-0.05, 0) is 47.9 Å². The maximum Gasteiger partial charge on any atom is 0.407 e. The molecule has 2 aliphatic carbocycles. The first-order valence-electron chi connectivity index (χ1n) is 10.6. The van der Waals surface area contributed by atoms with E-state index in [0.717, 1.165) is 17.5 Å². The Kier molecular flexibility index (Phi) is 5.93. The Morgan fingerprint density at radius 1 is 1.00 bits per heavy atom. The lowest BCUT2D eigenvalue weighted by Crippen LogP contribution is -2.59. The number of aliphatic carboxylic acids is 1. The number of carboxylic acid groups (broad SMARTS) is 1. The van der Waals surface area contributed by atoms with Gasteiger partial charge >= 0.3 is 12.1 Å². The zero-order valence-electron chi connectivity index (χ0n) is 17.2. The molecule has 2 aliphatic rings. The Bertz CT molecular complexity index is 953. The van der Waals surface area contributed by atoms with E-state index < -0.39 is 17.6 Å². The number of carbonyl (C=O) groups excluding carboxylic acids is 2. The van der Waals surface area contributed by atoms with Gasteiger partial charge < -0.3 is 20.5 Å². The zero-order valence-corrected chi connectivity index (χ0v) is 17.2. The molecule has 3 N–H and O–H groups in total. The molecule has 0 aliphatic heterocycles. The molecule has 162 valence electrons. The van der Waals surface area contributed by atoms with Crippen molar-refractivity contribution in [2.45, 2.75) is 43.6 Å². The first kappa shape index (κ1) is 20.9.